The maximum Gasteiger partial charge on any atom is 0.407 e. The quantitative estimate of drug-likeness (QED) is 0.463. The molecular weight excluding hydrogens is 451 g/mol. The molecule has 2 atom stereocenters. The minimum atomic E-state index is -1.37. The van der Waals surface area contributed by atoms with Gasteiger partial charge in [0.25, 0.3) is 0 Å². The van der Waals surface area contributed by atoms with Gasteiger partial charge in [0.2, 0.25) is 5.91 Å². The molecule has 0 heterocycles. The first-order valence-corrected chi connectivity index (χ1v) is 11.3. The molecule has 2 aliphatic carbocycles. The monoisotopic (exact) mass is 474 g/mol. The summed E-state index contributed by atoms with van der Waals surface area (Å²) in [6.07, 6.45) is 0.0507. The van der Waals surface area contributed by atoms with Crippen molar-refractivity contribution in [1.29, 1.82) is 0 Å². The van der Waals surface area contributed by atoms with E-state index in [4.69, 9.17) is 9.84 Å². The van der Waals surface area contributed by atoms with Crippen molar-refractivity contribution >= 4 is 23.7 Å². The van der Waals surface area contributed by atoms with E-state index in [-0.39, 0.29) is 36.0 Å². The number of aromatic carboxylic acids is 1. The second-order valence-corrected chi connectivity index (χ2v) is 8.80. The fraction of sp³-hybridized carbons (Fsp3) is 0.222. The number of halogens is 1. The van der Waals surface area contributed by atoms with Crippen LogP contribution >= 0.6 is 0 Å². The smallest absolute Gasteiger partial charge is 0.407 e. The molecule has 0 aromatic heterocycles. The van der Waals surface area contributed by atoms with Crippen LogP contribution in [0.5, 0.6) is 0 Å². The summed E-state index contributed by atoms with van der Waals surface area (Å²) < 4.78 is 19.3. The van der Waals surface area contributed by atoms with Crippen LogP contribution in [0.25, 0.3) is 11.1 Å². The van der Waals surface area contributed by atoms with E-state index in [2.05, 4.69) is 34.9 Å². The highest BCUT2D eigenvalue weighted by molar-refractivity contribution is 5.95. The van der Waals surface area contributed by atoms with Gasteiger partial charge >= 0.3 is 12.1 Å². The van der Waals surface area contributed by atoms with Crippen LogP contribution in [-0.4, -0.2) is 36.2 Å². The van der Waals surface area contributed by atoms with E-state index in [0.717, 1.165) is 34.4 Å². The van der Waals surface area contributed by atoms with Gasteiger partial charge in [0, 0.05) is 24.1 Å². The molecule has 7 nitrogen and oxygen atoms in total. The van der Waals surface area contributed by atoms with Gasteiger partial charge in [-0.1, -0.05) is 48.5 Å². The van der Waals surface area contributed by atoms with Gasteiger partial charge in [0.05, 0.1) is 5.56 Å². The molecule has 8 heteroatoms. The van der Waals surface area contributed by atoms with E-state index < -0.39 is 23.4 Å². The van der Waals surface area contributed by atoms with E-state index in [1.807, 2.05) is 24.3 Å². The van der Waals surface area contributed by atoms with E-state index in [0.29, 0.717) is 13.0 Å². The maximum atomic E-state index is 13.8. The average Bonchev–Trinajstić information content (AvgIpc) is 3.56. The largest absolute Gasteiger partial charge is 0.478 e. The summed E-state index contributed by atoms with van der Waals surface area (Å²) >= 11 is 0. The predicted octanol–water partition coefficient (Wildman–Crippen LogP) is 4.64. The topological polar surface area (TPSA) is 105 Å². The summed E-state index contributed by atoms with van der Waals surface area (Å²) in [5, 5.41) is 14.2. The molecule has 3 aromatic rings. The number of hydrogen-bond donors (Lipinski definition) is 3. The summed E-state index contributed by atoms with van der Waals surface area (Å²) in [6.45, 7) is 0.507. The highest BCUT2D eigenvalue weighted by Gasteiger charge is 2.43. The van der Waals surface area contributed by atoms with E-state index in [9.17, 15) is 18.8 Å². The zero-order chi connectivity index (χ0) is 24.5. The summed E-state index contributed by atoms with van der Waals surface area (Å²) in [7, 11) is 0. The summed E-state index contributed by atoms with van der Waals surface area (Å²) in [5.74, 6) is -2.97. The molecular formula is C27H23FN2O5. The Balaban J connectivity index is 1.10. The number of rotatable bonds is 7. The van der Waals surface area contributed by atoms with Crippen molar-refractivity contribution in [2.75, 3.05) is 18.5 Å². The van der Waals surface area contributed by atoms with Crippen molar-refractivity contribution in [3.05, 3.63) is 89.2 Å². The number of alkyl carbamates (subject to hydrolysis) is 1. The number of anilines is 1. The fourth-order valence-electron chi connectivity index (χ4n) is 4.66. The lowest BCUT2D eigenvalue weighted by molar-refractivity contribution is -0.117. The minimum Gasteiger partial charge on any atom is -0.478 e. The van der Waals surface area contributed by atoms with Crippen LogP contribution in [0.3, 0.4) is 0 Å². The molecule has 1 saturated carbocycles. The molecule has 5 rings (SSSR count). The Morgan fingerprint density at radius 1 is 0.971 bits per heavy atom. The van der Waals surface area contributed by atoms with Crippen molar-refractivity contribution in [2.45, 2.75) is 12.3 Å². The van der Waals surface area contributed by atoms with Gasteiger partial charge < -0.3 is 20.5 Å². The summed E-state index contributed by atoms with van der Waals surface area (Å²) in [6, 6.07) is 19.6. The van der Waals surface area contributed by atoms with Gasteiger partial charge in [-0.05, 0) is 52.8 Å². The predicted molar refractivity (Wildman–Crippen MR) is 127 cm³/mol. The van der Waals surface area contributed by atoms with E-state index in [1.54, 1.807) is 0 Å². The minimum absolute atomic E-state index is 0.0273. The van der Waals surface area contributed by atoms with Crippen LogP contribution in [0.2, 0.25) is 0 Å². The van der Waals surface area contributed by atoms with Crippen molar-refractivity contribution in [2.24, 2.45) is 11.8 Å². The van der Waals surface area contributed by atoms with Crippen LogP contribution in [0.4, 0.5) is 14.9 Å². The Bertz CT molecular complexity index is 1280. The number of nitrogens with one attached hydrogen (secondary N) is 2. The molecule has 0 unspecified atom stereocenters. The molecule has 3 N–H and O–H groups in total. The second kappa shape index (κ2) is 9.21. The van der Waals surface area contributed by atoms with Crippen molar-refractivity contribution in [1.82, 2.24) is 5.32 Å². The Morgan fingerprint density at radius 3 is 2.26 bits per heavy atom. The standard InChI is InChI=1S/C27H23FN2O5/c28-24-12-16(9-10-21(24)26(32)33)30-25(31)22-11-15(22)13-29-27(34)35-14-23-19-7-3-1-5-17(19)18-6-2-4-8-20(18)23/h1-10,12,15,22-23H,11,13-14H2,(H,29,34)(H,30,31)(H,32,33)/t15-,22-/m0/s1. The van der Waals surface area contributed by atoms with Gasteiger partial charge in [0.1, 0.15) is 12.4 Å². The van der Waals surface area contributed by atoms with Crippen LogP contribution in [-0.2, 0) is 9.53 Å². The molecule has 2 amide bonds. The zero-order valence-electron chi connectivity index (χ0n) is 18.7. The molecule has 0 saturated heterocycles. The van der Waals surface area contributed by atoms with Gasteiger partial charge in [-0.3, -0.25) is 4.79 Å². The number of carbonyl (C=O) groups excluding carboxylic acids is 2. The van der Waals surface area contributed by atoms with Crippen LogP contribution < -0.4 is 10.6 Å². The first-order valence-electron chi connectivity index (χ1n) is 11.3. The van der Waals surface area contributed by atoms with Gasteiger partial charge in [0.15, 0.2) is 0 Å². The number of amides is 2. The summed E-state index contributed by atoms with van der Waals surface area (Å²) in [4.78, 5) is 35.6. The Kier molecular flexibility index (Phi) is 5.94. The third-order valence-electron chi connectivity index (χ3n) is 6.58. The van der Waals surface area contributed by atoms with E-state index >= 15 is 0 Å². The number of fused-ring (bicyclic) bond motifs is 3. The molecule has 2 aliphatic rings. The SMILES string of the molecule is O=C(NC[C@@H]1C[C@@H]1C(=O)Nc1ccc(C(=O)O)c(F)c1)OCC1c2ccccc2-c2ccccc21. The number of carbonyl (C=O) groups is 3. The van der Waals surface area contributed by atoms with E-state index in [1.165, 1.54) is 6.07 Å². The first-order chi connectivity index (χ1) is 16.9. The summed E-state index contributed by atoms with van der Waals surface area (Å²) in [5.41, 5.74) is 4.30. The van der Waals surface area contributed by atoms with Gasteiger partial charge in [-0.2, -0.15) is 0 Å². The highest BCUT2D eigenvalue weighted by atomic mass is 19.1. The lowest BCUT2D eigenvalue weighted by atomic mass is 9.98. The van der Waals surface area contributed by atoms with Gasteiger partial charge in [-0.25, -0.2) is 14.0 Å². The molecule has 178 valence electrons. The normalized spacial score (nSPS) is 17.7. The van der Waals surface area contributed by atoms with Gasteiger partial charge in [-0.15, -0.1) is 0 Å². The Labute approximate surface area is 200 Å². The number of hydrogen-bond acceptors (Lipinski definition) is 4. The van der Waals surface area contributed by atoms with Crippen molar-refractivity contribution < 1.29 is 28.6 Å². The lowest BCUT2D eigenvalue weighted by Gasteiger charge is -2.14. The van der Waals surface area contributed by atoms with Crippen molar-refractivity contribution in [3.8, 4) is 11.1 Å². The molecule has 0 aliphatic heterocycles. The molecule has 0 bridgehead atoms. The highest BCUT2D eigenvalue weighted by Crippen LogP contribution is 2.44. The average molecular weight is 474 g/mol. The van der Waals surface area contributed by atoms with Crippen LogP contribution in [0, 0.1) is 17.7 Å². The third-order valence-corrected chi connectivity index (χ3v) is 6.58. The molecule has 3 aromatic carbocycles. The molecule has 0 radical (unpaired) electrons. The number of carboxylic acid groups (broad SMARTS) is 1. The fourth-order valence-corrected chi connectivity index (χ4v) is 4.66. The Morgan fingerprint density at radius 2 is 1.63 bits per heavy atom. The number of carboxylic acids is 1. The van der Waals surface area contributed by atoms with Crippen LogP contribution in [0.15, 0.2) is 66.7 Å². The first kappa shape index (κ1) is 22.6. The molecule has 1 fully saturated rings. The zero-order valence-corrected chi connectivity index (χ0v) is 18.7. The number of benzene rings is 3. The molecule has 35 heavy (non-hydrogen) atoms. The maximum absolute atomic E-state index is 13.8. The Hall–Kier alpha value is -4.20. The molecule has 0 spiro atoms. The lowest BCUT2D eigenvalue weighted by Crippen LogP contribution is -2.29. The number of ether oxygens (including phenoxy) is 1. The van der Waals surface area contributed by atoms with Crippen LogP contribution in [0.1, 0.15) is 33.8 Å². The second-order valence-electron chi connectivity index (χ2n) is 8.80. The third kappa shape index (κ3) is 4.59. The van der Waals surface area contributed by atoms with Crippen molar-refractivity contribution in [3.63, 3.8) is 0 Å².